The van der Waals surface area contributed by atoms with E-state index < -0.39 is 0 Å². The van der Waals surface area contributed by atoms with E-state index in [1.807, 2.05) is 12.3 Å². The van der Waals surface area contributed by atoms with Gasteiger partial charge in [0, 0.05) is 6.54 Å². The molecule has 0 saturated carbocycles. The van der Waals surface area contributed by atoms with Crippen molar-refractivity contribution in [1.29, 1.82) is 0 Å². The number of carbonyl (C=O) groups excluding carboxylic acids is 2. The molecule has 114 valence electrons. The SMILES string of the molecule is CCNC(=O)c1ccccc1NC(=S)NC(=O)c1cccs1. The van der Waals surface area contributed by atoms with Gasteiger partial charge in [-0.2, -0.15) is 0 Å². The monoisotopic (exact) mass is 333 g/mol. The minimum Gasteiger partial charge on any atom is -0.352 e. The van der Waals surface area contributed by atoms with E-state index in [-0.39, 0.29) is 16.9 Å². The van der Waals surface area contributed by atoms with Crippen molar-refractivity contribution in [1.82, 2.24) is 10.6 Å². The largest absolute Gasteiger partial charge is 0.352 e. The second kappa shape index (κ2) is 7.67. The summed E-state index contributed by atoms with van der Waals surface area (Å²) in [4.78, 5) is 24.5. The van der Waals surface area contributed by atoms with Crippen molar-refractivity contribution in [2.75, 3.05) is 11.9 Å². The standard InChI is InChI=1S/C15H15N3O2S2/c1-2-16-13(19)10-6-3-4-7-11(10)17-15(21)18-14(20)12-8-5-9-22-12/h3-9H,2H2,1H3,(H,16,19)(H2,17,18,20,21). The number of nitrogens with one attached hydrogen (secondary N) is 3. The molecule has 5 nitrogen and oxygen atoms in total. The Bertz CT molecular complexity index is 684. The van der Waals surface area contributed by atoms with E-state index in [4.69, 9.17) is 12.2 Å². The molecule has 3 N–H and O–H groups in total. The van der Waals surface area contributed by atoms with Gasteiger partial charge in [0.15, 0.2) is 5.11 Å². The van der Waals surface area contributed by atoms with E-state index in [1.54, 1.807) is 36.4 Å². The fraction of sp³-hybridized carbons (Fsp3) is 0.133. The minimum atomic E-state index is -0.275. The second-order valence-electron chi connectivity index (χ2n) is 4.29. The predicted molar refractivity (Wildman–Crippen MR) is 92.5 cm³/mol. The third kappa shape index (κ3) is 4.12. The first kappa shape index (κ1) is 16.1. The number of thiocarbonyl (C=S) groups is 1. The Morgan fingerprint density at radius 2 is 1.91 bits per heavy atom. The van der Waals surface area contributed by atoms with Crippen LogP contribution in [-0.2, 0) is 0 Å². The Balaban J connectivity index is 2.05. The normalized spacial score (nSPS) is 9.86. The minimum absolute atomic E-state index is 0.148. The van der Waals surface area contributed by atoms with Crippen molar-refractivity contribution >= 4 is 46.2 Å². The zero-order valence-corrected chi connectivity index (χ0v) is 13.5. The van der Waals surface area contributed by atoms with Gasteiger partial charge in [-0.15, -0.1) is 11.3 Å². The van der Waals surface area contributed by atoms with Crippen LogP contribution in [0.1, 0.15) is 27.0 Å². The average molecular weight is 333 g/mol. The predicted octanol–water partition coefficient (Wildman–Crippen LogP) is 2.62. The molecule has 0 radical (unpaired) electrons. The van der Waals surface area contributed by atoms with E-state index in [2.05, 4.69) is 16.0 Å². The van der Waals surface area contributed by atoms with E-state index in [9.17, 15) is 9.59 Å². The van der Waals surface area contributed by atoms with Crippen LogP contribution in [0.4, 0.5) is 5.69 Å². The molecular formula is C15H15N3O2S2. The first-order valence-corrected chi connectivity index (χ1v) is 7.93. The van der Waals surface area contributed by atoms with Gasteiger partial charge in [0.25, 0.3) is 11.8 Å². The summed E-state index contributed by atoms with van der Waals surface area (Å²) in [6, 6.07) is 10.5. The topological polar surface area (TPSA) is 70.2 Å². The summed E-state index contributed by atoms with van der Waals surface area (Å²) in [6.07, 6.45) is 0. The van der Waals surface area contributed by atoms with Crippen molar-refractivity contribution in [2.45, 2.75) is 6.92 Å². The molecule has 7 heteroatoms. The second-order valence-corrected chi connectivity index (χ2v) is 5.65. The summed E-state index contributed by atoms with van der Waals surface area (Å²) in [7, 11) is 0. The van der Waals surface area contributed by atoms with Gasteiger partial charge < -0.3 is 10.6 Å². The Morgan fingerprint density at radius 1 is 1.14 bits per heavy atom. The molecule has 0 fully saturated rings. The van der Waals surface area contributed by atoms with Crippen LogP contribution < -0.4 is 16.0 Å². The summed E-state index contributed by atoms with van der Waals surface area (Å²) < 4.78 is 0. The Kier molecular flexibility index (Phi) is 5.62. The molecule has 1 aromatic carbocycles. The summed E-state index contributed by atoms with van der Waals surface area (Å²) in [5.41, 5.74) is 1.02. The zero-order chi connectivity index (χ0) is 15.9. The summed E-state index contributed by atoms with van der Waals surface area (Å²) in [5, 5.41) is 10.2. The summed E-state index contributed by atoms with van der Waals surface area (Å²) in [6.45, 7) is 2.38. The Hall–Kier alpha value is -2.25. The van der Waals surface area contributed by atoms with Crippen LogP contribution in [0, 0.1) is 0 Å². The molecule has 0 spiro atoms. The third-order valence-electron chi connectivity index (χ3n) is 2.73. The van der Waals surface area contributed by atoms with Crippen LogP contribution in [0.2, 0.25) is 0 Å². The van der Waals surface area contributed by atoms with Gasteiger partial charge in [-0.05, 0) is 42.7 Å². The number of hydrogen-bond acceptors (Lipinski definition) is 4. The number of carbonyl (C=O) groups is 2. The number of hydrogen-bond donors (Lipinski definition) is 3. The molecular weight excluding hydrogens is 318 g/mol. The fourth-order valence-corrected chi connectivity index (χ4v) is 2.59. The first-order chi connectivity index (χ1) is 10.6. The van der Waals surface area contributed by atoms with Crippen molar-refractivity contribution in [3.8, 4) is 0 Å². The maximum absolute atomic E-state index is 12.0. The number of benzene rings is 1. The van der Waals surface area contributed by atoms with E-state index >= 15 is 0 Å². The van der Waals surface area contributed by atoms with Crippen LogP contribution in [0.3, 0.4) is 0 Å². The third-order valence-corrected chi connectivity index (χ3v) is 3.80. The Morgan fingerprint density at radius 3 is 2.59 bits per heavy atom. The van der Waals surface area contributed by atoms with Gasteiger partial charge in [-0.3, -0.25) is 14.9 Å². The molecule has 2 aromatic rings. The number of para-hydroxylation sites is 1. The van der Waals surface area contributed by atoms with Crippen LogP contribution in [0.15, 0.2) is 41.8 Å². The smallest absolute Gasteiger partial charge is 0.267 e. The maximum atomic E-state index is 12.0. The highest BCUT2D eigenvalue weighted by molar-refractivity contribution is 7.80. The lowest BCUT2D eigenvalue weighted by Gasteiger charge is -2.12. The molecule has 0 aliphatic heterocycles. The van der Waals surface area contributed by atoms with E-state index in [0.29, 0.717) is 22.7 Å². The first-order valence-electron chi connectivity index (χ1n) is 6.65. The van der Waals surface area contributed by atoms with Gasteiger partial charge in [-0.1, -0.05) is 18.2 Å². The zero-order valence-electron chi connectivity index (χ0n) is 11.9. The lowest BCUT2D eigenvalue weighted by Crippen LogP contribution is -2.34. The molecule has 0 saturated heterocycles. The van der Waals surface area contributed by atoms with Gasteiger partial charge in [-0.25, -0.2) is 0 Å². The van der Waals surface area contributed by atoms with Crippen LogP contribution in [0.5, 0.6) is 0 Å². The van der Waals surface area contributed by atoms with Crippen molar-refractivity contribution in [3.63, 3.8) is 0 Å². The number of thiophene rings is 1. The molecule has 1 heterocycles. The van der Waals surface area contributed by atoms with Crippen molar-refractivity contribution < 1.29 is 9.59 Å². The van der Waals surface area contributed by atoms with Crippen molar-refractivity contribution in [3.05, 3.63) is 52.2 Å². The average Bonchev–Trinajstić information content (AvgIpc) is 3.02. The molecule has 0 unspecified atom stereocenters. The molecule has 0 aliphatic carbocycles. The molecule has 22 heavy (non-hydrogen) atoms. The lowest BCUT2D eigenvalue weighted by atomic mass is 10.1. The van der Waals surface area contributed by atoms with Crippen LogP contribution in [0.25, 0.3) is 0 Å². The van der Waals surface area contributed by atoms with E-state index in [0.717, 1.165) is 0 Å². The number of rotatable bonds is 4. The molecule has 1 aromatic heterocycles. The quantitative estimate of drug-likeness (QED) is 0.752. The van der Waals surface area contributed by atoms with Crippen LogP contribution in [-0.4, -0.2) is 23.5 Å². The van der Waals surface area contributed by atoms with Gasteiger partial charge in [0.2, 0.25) is 0 Å². The highest BCUT2D eigenvalue weighted by Gasteiger charge is 2.13. The van der Waals surface area contributed by atoms with Crippen molar-refractivity contribution in [2.24, 2.45) is 0 Å². The molecule has 0 bridgehead atoms. The van der Waals surface area contributed by atoms with Gasteiger partial charge >= 0.3 is 0 Å². The molecule has 2 rings (SSSR count). The lowest BCUT2D eigenvalue weighted by molar-refractivity contribution is 0.0954. The van der Waals surface area contributed by atoms with Gasteiger partial charge in [0.1, 0.15) is 0 Å². The highest BCUT2D eigenvalue weighted by Crippen LogP contribution is 2.15. The maximum Gasteiger partial charge on any atom is 0.267 e. The summed E-state index contributed by atoms with van der Waals surface area (Å²) in [5.74, 6) is -0.471. The molecule has 0 atom stereocenters. The fourth-order valence-electron chi connectivity index (χ4n) is 1.77. The Labute approximate surface area is 137 Å². The van der Waals surface area contributed by atoms with E-state index in [1.165, 1.54) is 11.3 Å². The highest BCUT2D eigenvalue weighted by atomic mass is 32.1. The number of anilines is 1. The molecule has 2 amide bonds. The number of amides is 2. The van der Waals surface area contributed by atoms with Crippen LogP contribution >= 0.6 is 23.6 Å². The summed E-state index contributed by atoms with van der Waals surface area (Å²) >= 11 is 6.46. The molecule has 0 aliphatic rings. The van der Waals surface area contributed by atoms with Gasteiger partial charge in [0.05, 0.1) is 16.1 Å².